The van der Waals surface area contributed by atoms with Gasteiger partial charge in [0.2, 0.25) is 0 Å². The van der Waals surface area contributed by atoms with Gasteiger partial charge in [-0.05, 0) is 62.2 Å². The highest BCUT2D eigenvalue weighted by atomic mass is 16.7. The fourth-order valence-corrected chi connectivity index (χ4v) is 9.89. The highest BCUT2D eigenvalue weighted by Crippen LogP contribution is 2.72. The molecule has 0 unspecified atom stereocenters. The van der Waals surface area contributed by atoms with E-state index in [0.29, 0.717) is 36.9 Å². The summed E-state index contributed by atoms with van der Waals surface area (Å²) in [4.78, 5) is 13.6. The van der Waals surface area contributed by atoms with Gasteiger partial charge in [0.15, 0.2) is 11.6 Å². The molecule has 7 rings (SSSR count). The third kappa shape index (κ3) is 2.36. The lowest BCUT2D eigenvalue weighted by molar-refractivity contribution is -0.238. The van der Waals surface area contributed by atoms with Crippen LogP contribution in [0.1, 0.15) is 65.2 Å². The van der Waals surface area contributed by atoms with Gasteiger partial charge in [-0.15, -0.1) is 0 Å². The van der Waals surface area contributed by atoms with E-state index in [2.05, 4.69) is 13.8 Å². The van der Waals surface area contributed by atoms with Crippen LogP contribution >= 0.6 is 0 Å². The van der Waals surface area contributed by atoms with E-state index >= 15 is 0 Å². The normalized spacial score (nSPS) is 53.8. The Bertz CT molecular complexity index is 785. The molecule has 0 radical (unpaired) electrons. The summed E-state index contributed by atoms with van der Waals surface area (Å²) in [5.41, 5.74) is -0.199. The smallest absolute Gasteiger partial charge is 0.313 e. The molecule has 172 valence electrons. The van der Waals surface area contributed by atoms with E-state index in [4.69, 9.17) is 23.7 Å². The fourth-order valence-electron chi connectivity index (χ4n) is 9.89. The minimum absolute atomic E-state index is 0.0478. The van der Waals surface area contributed by atoms with Crippen molar-refractivity contribution < 1.29 is 28.5 Å². The zero-order chi connectivity index (χ0) is 21.1. The molecule has 6 nitrogen and oxygen atoms in total. The fraction of sp³-hybridized carbons (Fsp3) is 0.960. The number of fused-ring (bicyclic) bond motifs is 6. The highest BCUT2D eigenvalue weighted by Gasteiger charge is 2.75. The molecule has 2 bridgehead atoms. The lowest BCUT2D eigenvalue weighted by Gasteiger charge is -2.61. The van der Waals surface area contributed by atoms with E-state index in [-0.39, 0.29) is 29.2 Å². The first-order chi connectivity index (χ1) is 14.9. The number of carbonyl (C=O) groups excluding carboxylic acids is 1. The summed E-state index contributed by atoms with van der Waals surface area (Å²) in [6.07, 6.45) is 8.54. The SMILES string of the molecule is CC1([C@H]2CC[C@H]3[C@@H]4CC[C@H]5CC6(CC[C@]5(C)[C@H]4[C@@H]4C[C@]23C(=O)O4)OCCO6)OCCO1. The summed E-state index contributed by atoms with van der Waals surface area (Å²) < 4.78 is 30.7. The zero-order valence-corrected chi connectivity index (χ0v) is 18.9. The standard InChI is InChI=1S/C25H36O6/c1-22-7-8-24(29-11-12-30-24)13-15(22)3-4-16-17-5-6-19(23(2)27-9-10-28-23)25(17)14-18(20(16)22)31-21(25)26/h15-20H,3-14H2,1-2H3/t15-,16-,17-,18-,19+,20+,22-,25+/m0/s1. The Morgan fingerprint density at radius 1 is 0.839 bits per heavy atom. The van der Waals surface area contributed by atoms with Crippen LogP contribution in [-0.4, -0.2) is 50.1 Å². The van der Waals surface area contributed by atoms with Gasteiger partial charge >= 0.3 is 5.97 Å². The average molecular weight is 433 g/mol. The summed E-state index contributed by atoms with van der Waals surface area (Å²) in [6.45, 7) is 7.27. The van der Waals surface area contributed by atoms with Crippen LogP contribution < -0.4 is 0 Å². The van der Waals surface area contributed by atoms with Crippen molar-refractivity contribution in [1.29, 1.82) is 0 Å². The van der Waals surface area contributed by atoms with Crippen molar-refractivity contribution in [2.24, 2.45) is 40.4 Å². The van der Waals surface area contributed by atoms with Crippen LogP contribution in [-0.2, 0) is 28.5 Å². The minimum Gasteiger partial charge on any atom is -0.462 e. The van der Waals surface area contributed by atoms with Crippen molar-refractivity contribution in [2.75, 3.05) is 26.4 Å². The maximum atomic E-state index is 13.6. The van der Waals surface area contributed by atoms with Crippen LogP contribution in [0.3, 0.4) is 0 Å². The Morgan fingerprint density at radius 3 is 2.35 bits per heavy atom. The quantitative estimate of drug-likeness (QED) is 0.589. The third-order valence-electron chi connectivity index (χ3n) is 11.1. The molecular formula is C25H36O6. The van der Waals surface area contributed by atoms with E-state index < -0.39 is 11.2 Å². The average Bonchev–Trinajstić information content (AvgIpc) is 3.51. The molecular weight excluding hydrogens is 396 g/mol. The van der Waals surface area contributed by atoms with Gasteiger partial charge in [-0.25, -0.2) is 0 Å². The van der Waals surface area contributed by atoms with E-state index in [0.717, 1.165) is 51.7 Å². The van der Waals surface area contributed by atoms with E-state index in [1.165, 1.54) is 12.8 Å². The lowest BCUT2D eigenvalue weighted by Crippen LogP contribution is -2.60. The van der Waals surface area contributed by atoms with E-state index in [1.54, 1.807) is 0 Å². The summed E-state index contributed by atoms with van der Waals surface area (Å²) in [5, 5.41) is 0. The Hall–Kier alpha value is -0.690. The molecule has 4 saturated carbocycles. The summed E-state index contributed by atoms with van der Waals surface area (Å²) in [7, 11) is 0. The van der Waals surface area contributed by atoms with Crippen molar-refractivity contribution in [3.05, 3.63) is 0 Å². The molecule has 2 spiro atoms. The van der Waals surface area contributed by atoms with Crippen LogP contribution in [0.25, 0.3) is 0 Å². The molecule has 6 heteroatoms. The molecule has 3 heterocycles. The second kappa shape index (κ2) is 6.25. The van der Waals surface area contributed by atoms with Crippen LogP contribution in [0.5, 0.6) is 0 Å². The number of carbonyl (C=O) groups is 1. The first kappa shape index (κ1) is 19.7. The summed E-state index contributed by atoms with van der Waals surface area (Å²) in [6, 6.07) is 0. The number of hydrogen-bond acceptors (Lipinski definition) is 6. The molecule has 4 aliphatic carbocycles. The van der Waals surface area contributed by atoms with Gasteiger partial charge in [0, 0.05) is 31.1 Å². The second-order valence-electron chi connectivity index (χ2n) is 11.9. The van der Waals surface area contributed by atoms with Gasteiger partial charge in [0.1, 0.15) is 6.10 Å². The first-order valence-electron chi connectivity index (χ1n) is 12.7. The topological polar surface area (TPSA) is 63.2 Å². The monoisotopic (exact) mass is 432 g/mol. The van der Waals surface area contributed by atoms with Gasteiger partial charge in [-0.2, -0.15) is 0 Å². The molecule has 0 aromatic rings. The largest absolute Gasteiger partial charge is 0.462 e. The van der Waals surface area contributed by atoms with Crippen LogP contribution in [0.2, 0.25) is 0 Å². The molecule has 0 aromatic carbocycles. The number of hydrogen-bond donors (Lipinski definition) is 0. The van der Waals surface area contributed by atoms with Gasteiger partial charge in [0.25, 0.3) is 0 Å². The van der Waals surface area contributed by atoms with Crippen molar-refractivity contribution in [3.63, 3.8) is 0 Å². The van der Waals surface area contributed by atoms with Gasteiger partial charge in [-0.3, -0.25) is 4.79 Å². The number of rotatable bonds is 1. The summed E-state index contributed by atoms with van der Waals surface area (Å²) in [5.74, 6) is 1.22. The molecule has 7 fully saturated rings. The molecule has 0 amide bonds. The predicted octanol–water partition coefficient (Wildman–Crippen LogP) is 3.67. The van der Waals surface area contributed by atoms with Gasteiger partial charge < -0.3 is 23.7 Å². The molecule has 3 aliphatic heterocycles. The van der Waals surface area contributed by atoms with Crippen molar-refractivity contribution >= 4 is 5.97 Å². The van der Waals surface area contributed by atoms with Crippen LogP contribution in [0.15, 0.2) is 0 Å². The third-order valence-corrected chi connectivity index (χ3v) is 11.1. The maximum absolute atomic E-state index is 13.6. The Kier molecular flexibility index (Phi) is 3.98. The maximum Gasteiger partial charge on any atom is 0.313 e. The molecule has 7 aliphatic rings. The van der Waals surface area contributed by atoms with Crippen molar-refractivity contribution in [1.82, 2.24) is 0 Å². The molecule has 0 N–H and O–H groups in total. The first-order valence-corrected chi connectivity index (χ1v) is 12.7. The van der Waals surface area contributed by atoms with Gasteiger partial charge in [-0.1, -0.05) is 6.92 Å². The minimum atomic E-state index is -0.634. The van der Waals surface area contributed by atoms with Crippen LogP contribution in [0, 0.1) is 40.4 Å². The number of ether oxygens (including phenoxy) is 5. The Balaban J connectivity index is 1.23. The molecule has 31 heavy (non-hydrogen) atoms. The summed E-state index contributed by atoms with van der Waals surface area (Å²) >= 11 is 0. The second-order valence-corrected chi connectivity index (χ2v) is 11.9. The number of esters is 1. The van der Waals surface area contributed by atoms with Gasteiger partial charge in [0.05, 0.1) is 31.8 Å². The van der Waals surface area contributed by atoms with Crippen molar-refractivity contribution in [3.8, 4) is 0 Å². The van der Waals surface area contributed by atoms with E-state index in [9.17, 15) is 4.79 Å². The molecule has 0 aromatic heterocycles. The Morgan fingerprint density at radius 2 is 1.58 bits per heavy atom. The highest BCUT2D eigenvalue weighted by molar-refractivity contribution is 5.81. The zero-order valence-electron chi connectivity index (χ0n) is 18.9. The molecule has 3 saturated heterocycles. The van der Waals surface area contributed by atoms with Crippen LogP contribution in [0.4, 0.5) is 0 Å². The Labute approximate surface area is 184 Å². The van der Waals surface area contributed by atoms with E-state index in [1.807, 2.05) is 0 Å². The predicted molar refractivity (Wildman–Crippen MR) is 110 cm³/mol. The van der Waals surface area contributed by atoms with Crippen molar-refractivity contribution in [2.45, 2.75) is 82.9 Å². The molecule has 8 atom stereocenters. The lowest BCUT2D eigenvalue weighted by atomic mass is 9.44.